The van der Waals surface area contributed by atoms with Crippen molar-refractivity contribution in [3.8, 4) is 0 Å². The molecule has 2 unspecified atom stereocenters. The fourth-order valence-corrected chi connectivity index (χ4v) is 3.76. The Kier molecular flexibility index (Phi) is 4.06. The molecule has 0 aromatic heterocycles. The number of hydrogen-bond donors (Lipinski definition) is 1. The molecule has 2 fully saturated rings. The lowest BCUT2D eigenvalue weighted by molar-refractivity contribution is 0.00427. The molecule has 1 aromatic rings. The minimum absolute atomic E-state index is 0.216. The van der Waals surface area contributed by atoms with Gasteiger partial charge in [-0.15, -0.1) is 0 Å². The monoisotopic (exact) mass is 306 g/mol. The normalized spacial score (nSPS) is 34.1. The smallest absolute Gasteiger partial charge is 0.0451 e. The van der Waals surface area contributed by atoms with E-state index in [0.717, 1.165) is 37.0 Å². The van der Waals surface area contributed by atoms with E-state index < -0.39 is 0 Å². The van der Waals surface area contributed by atoms with Gasteiger partial charge in [-0.3, -0.25) is 4.90 Å². The molecule has 2 atom stereocenters. The van der Waals surface area contributed by atoms with Gasteiger partial charge in [0.2, 0.25) is 0 Å². The van der Waals surface area contributed by atoms with Crippen molar-refractivity contribution < 1.29 is 0 Å². The molecule has 1 heterocycles. The second kappa shape index (κ2) is 5.57. The van der Waals surface area contributed by atoms with Gasteiger partial charge in [-0.2, -0.15) is 0 Å². The van der Waals surface area contributed by atoms with Crippen LogP contribution >= 0.6 is 11.6 Å². The Labute approximate surface area is 133 Å². The van der Waals surface area contributed by atoms with Gasteiger partial charge in [0.25, 0.3) is 0 Å². The van der Waals surface area contributed by atoms with Crippen molar-refractivity contribution in [1.29, 1.82) is 0 Å². The maximum atomic E-state index is 6.38. The number of nitrogens with zero attached hydrogens (tertiary/aromatic N) is 1. The summed E-state index contributed by atoms with van der Waals surface area (Å²) >= 11 is 6.38. The predicted molar refractivity (Wildman–Crippen MR) is 89.7 cm³/mol. The first-order chi connectivity index (χ1) is 9.97. The molecular weight excluding hydrogens is 280 g/mol. The van der Waals surface area contributed by atoms with Crippen LogP contribution in [-0.2, 0) is 6.54 Å². The van der Waals surface area contributed by atoms with Gasteiger partial charge in [0, 0.05) is 35.7 Å². The van der Waals surface area contributed by atoms with Gasteiger partial charge in [0.1, 0.15) is 0 Å². The second-order valence-electron chi connectivity index (χ2n) is 7.34. The van der Waals surface area contributed by atoms with Crippen LogP contribution in [-0.4, -0.2) is 29.1 Å². The number of nitrogens with one attached hydrogen (secondary N) is 1. The van der Waals surface area contributed by atoms with Crippen molar-refractivity contribution in [2.24, 2.45) is 5.92 Å². The Bertz CT molecular complexity index is 514. The van der Waals surface area contributed by atoms with Crippen LogP contribution in [0.1, 0.15) is 45.6 Å². The van der Waals surface area contributed by atoms with E-state index in [1.54, 1.807) is 0 Å². The van der Waals surface area contributed by atoms with E-state index in [4.69, 9.17) is 11.6 Å². The van der Waals surface area contributed by atoms with E-state index >= 15 is 0 Å². The summed E-state index contributed by atoms with van der Waals surface area (Å²) in [4.78, 5) is 2.66. The van der Waals surface area contributed by atoms with Crippen molar-refractivity contribution in [3.63, 3.8) is 0 Å². The van der Waals surface area contributed by atoms with Gasteiger partial charge in [-0.05, 0) is 50.7 Å². The predicted octanol–water partition coefficient (Wildman–Crippen LogP) is 4.08. The lowest BCUT2D eigenvalue weighted by Gasteiger charge is -2.52. The maximum absolute atomic E-state index is 6.38. The van der Waals surface area contributed by atoms with Crippen LogP contribution in [0.3, 0.4) is 0 Å². The molecule has 1 aliphatic heterocycles. The summed E-state index contributed by atoms with van der Waals surface area (Å²) in [6, 6.07) is 8.26. The molecule has 0 radical (unpaired) electrons. The van der Waals surface area contributed by atoms with E-state index in [0.29, 0.717) is 0 Å². The zero-order valence-electron chi connectivity index (χ0n) is 13.5. The molecule has 21 heavy (non-hydrogen) atoms. The topological polar surface area (TPSA) is 15.3 Å². The summed E-state index contributed by atoms with van der Waals surface area (Å²) in [5.41, 5.74) is 1.74. The molecule has 3 heteroatoms. The highest BCUT2D eigenvalue weighted by Crippen LogP contribution is 2.43. The average Bonchev–Trinajstić information content (AvgIpc) is 3.31. The number of halogens is 1. The van der Waals surface area contributed by atoms with Crippen LogP contribution in [0.25, 0.3) is 0 Å². The third-order valence-electron chi connectivity index (χ3n) is 5.71. The zero-order chi connectivity index (χ0) is 15.1. The molecule has 0 amide bonds. The van der Waals surface area contributed by atoms with E-state index in [9.17, 15) is 0 Å². The number of benzene rings is 1. The van der Waals surface area contributed by atoms with E-state index in [1.165, 1.54) is 18.4 Å². The highest BCUT2D eigenvalue weighted by molar-refractivity contribution is 6.31. The lowest BCUT2D eigenvalue weighted by atomic mass is 9.84. The Hall–Kier alpha value is -0.570. The Balaban J connectivity index is 1.82. The largest absolute Gasteiger partial charge is 0.308 e. The summed E-state index contributed by atoms with van der Waals surface area (Å²) in [6.45, 7) is 10.2. The molecule has 1 aliphatic carbocycles. The second-order valence-corrected chi connectivity index (χ2v) is 7.75. The first-order valence-electron chi connectivity index (χ1n) is 8.20. The molecule has 3 rings (SSSR count). The van der Waals surface area contributed by atoms with Crippen molar-refractivity contribution >= 4 is 11.6 Å². The van der Waals surface area contributed by atoms with Crippen LogP contribution in [0.4, 0.5) is 0 Å². The third kappa shape index (κ3) is 2.99. The van der Waals surface area contributed by atoms with Crippen molar-refractivity contribution in [2.75, 3.05) is 13.1 Å². The van der Waals surface area contributed by atoms with Gasteiger partial charge in [-0.1, -0.05) is 36.7 Å². The number of rotatable bonds is 4. The molecule has 1 saturated carbocycles. The Morgan fingerprint density at radius 1 is 1.29 bits per heavy atom. The zero-order valence-corrected chi connectivity index (χ0v) is 14.2. The number of hydrogen-bond acceptors (Lipinski definition) is 2. The fourth-order valence-electron chi connectivity index (χ4n) is 3.57. The van der Waals surface area contributed by atoms with E-state index in [1.807, 2.05) is 12.1 Å². The highest BCUT2D eigenvalue weighted by Gasteiger charge is 2.48. The third-order valence-corrected chi connectivity index (χ3v) is 6.08. The van der Waals surface area contributed by atoms with Crippen molar-refractivity contribution in [2.45, 2.75) is 57.7 Å². The van der Waals surface area contributed by atoms with Crippen LogP contribution in [0, 0.1) is 5.92 Å². The molecular formula is C18H27ClN2. The standard InChI is InChI=1S/C18H27ClN2/c1-4-17(2)12-20-18(3,15-9-10-15)13-21(17)11-14-7-5-6-8-16(14)19/h5-8,15,20H,4,9-13H2,1-3H3. The van der Waals surface area contributed by atoms with E-state index in [-0.39, 0.29) is 11.1 Å². The molecule has 116 valence electrons. The van der Waals surface area contributed by atoms with Crippen LogP contribution in [0.2, 0.25) is 5.02 Å². The van der Waals surface area contributed by atoms with Crippen LogP contribution in [0.5, 0.6) is 0 Å². The summed E-state index contributed by atoms with van der Waals surface area (Å²) in [7, 11) is 0. The summed E-state index contributed by atoms with van der Waals surface area (Å²) in [5.74, 6) is 0.854. The minimum atomic E-state index is 0.216. The van der Waals surface area contributed by atoms with Gasteiger partial charge in [0.05, 0.1) is 0 Å². The molecule has 2 nitrogen and oxygen atoms in total. The van der Waals surface area contributed by atoms with Crippen molar-refractivity contribution in [1.82, 2.24) is 10.2 Å². The molecule has 2 aliphatic rings. The molecule has 1 aromatic carbocycles. The fraction of sp³-hybridized carbons (Fsp3) is 0.667. The van der Waals surface area contributed by atoms with Gasteiger partial charge in [-0.25, -0.2) is 0 Å². The SMILES string of the molecule is CCC1(C)CNC(C)(C2CC2)CN1Cc1ccccc1Cl. The minimum Gasteiger partial charge on any atom is -0.308 e. The van der Waals surface area contributed by atoms with Crippen LogP contribution < -0.4 is 5.32 Å². The Morgan fingerprint density at radius 2 is 2.00 bits per heavy atom. The molecule has 0 bridgehead atoms. The summed E-state index contributed by atoms with van der Waals surface area (Å²) in [5, 5.41) is 4.75. The van der Waals surface area contributed by atoms with E-state index in [2.05, 4.69) is 43.1 Å². The van der Waals surface area contributed by atoms with Gasteiger partial charge >= 0.3 is 0 Å². The molecule has 1 saturated heterocycles. The lowest BCUT2D eigenvalue weighted by Crippen LogP contribution is -2.68. The summed E-state index contributed by atoms with van der Waals surface area (Å²) in [6.07, 6.45) is 3.92. The molecule has 1 N–H and O–H groups in total. The first-order valence-corrected chi connectivity index (χ1v) is 8.58. The Morgan fingerprint density at radius 3 is 2.62 bits per heavy atom. The van der Waals surface area contributed by atoms with Gasteiger partial charge in [0.15, 0.2) is 0 Å². The maximum Gasteiger partial charge on any atom is 0.0451 e. The summed E-state index contributed by atoms with van der Waals surface area (Å²) < 4.78 is 0. The number of piperazine rings is 1. The first kappa shape index (κ1) is 15.3. The van der Waals surface area contributed by atoms with Crippen LogP contribution in [0.15, 0.2) is 24.3 Å². The quantitative estimate of drug-likeness (QED) is 0.901. The molecule has 0 spiro atoms. The average molecular weight is 307 g/mol. The van der Waals surface area contributed by atoms with Gasteiger partial charge < -0.3 is 5.32 Å². The highest BCUT2D eigenvalue weighted by atomic mass is 35.5. The van der Waals surface area contributed by atoms with Crippen molar-refractivity contribution in [3.05, 3.63) is 34.9 Å².